The highest BCUT2D eigenvalue weighted by molar-refractivity contribution is 6.50. The molecule has 0 spiro atoms. The Morgan fingerprint density at radius 2 is 0.891 bits per heavy atom. The highest BCUT2D eigenvalue weighted by Gasteiger charge is 2.32. The zero-order valence-corrected chi connectivity index (χ0v) is 30.5. The Kier molecular flexibility index (Phi) is 9.78. The van der Waals surface area contributed by atoms with Gasteiger partial charge in [-0.2, -0.15) is 0 Å². The lowest BCUT2D eigenvalue weighted by molar-refractivity contribution is -0.124. The van der Waals surface area contributed by atoms with Crippen molar-refractivity contribution in [1.29, 1.82) is 0 Å². The van der Waals surface area contributed by atoms with Gasteiger partial charge in [0.25, 0.3) is 0 Å². The molecule has 5 heterocycles. The number of hydrogen-bond donors (Lipinski definition) is 0. The number of aliphatic imine (C=N–C) groups is 4. The summed E-state index contributed by atoms with van der Waals surface area (Å²) in [4.78, 5) is 40.9. The van der Waals surface area contributed by atoms with Gasteiger partial charge in [-0.3, -0.25) is 9.59 Å². The molecule has 0 unspecified atom stereocenters. The van der Waals surface area contributed by atoms with Crippen LogP contribution in [0.2, 0.25) is 0 Å². The first kappa shape index (κ1) is 34.9. The van der Waals surface area contributed by atoms with Gasteiger partial charge in [0.15, 0.2) is 0 Å². The van der Waals surface area contributed by atoms with Crippen LogP contribution >= 0.6 is 0 Å². The van der Waals surface area contributed by atoms with Gasteiger partial charge in [0.2, 0.25) is 0 Å². The fraction of sp³-hybridized carbons (Fsp3) is 0.0612. The number of allylic oxidation sites excluding steroid dienone is 12. The van der Waals surface area contributed by atoms with Crippen molar-refractivity contribution in [1.82, 2.24) is 0 Å². The number of Topliss-reactive ketones (excluding diaryl/α,β-unsaturated/α-hetero) is 2. The third-order valence-corrected chi connectivity index (χ3v) is 9.25. The van der Waals surface area contributed by atoms with Crippen LogP contribution in [0.5, 0.6) is 0 Å². The van der Waals surface area contributed by atoms with Crippen LogP contribution in [0.25, 0.3) is 22.3 Å². The first-order valence-electron chi connectivity index (χ1n) is 18.2. The molecule has 8 bridgehead atoms. The number of carbonyl (C=O) groups excluding carboxylic acids is 2. The average molecular weight is 713 g/mol. The number of hydrogen-bond acceptors (Lipinski definition) is 6. The molecule has 9 rings (SSSR count). The largest absolute Gasteiger partial charge is 0.300 e. The normalized spacial score (nSPS) is 16.6. The SMILES string of the molecule is C1=CC2=NC1=CC1=NC(=C(c3ccccc3)C3=NC(=CC4=NC(=C2)C=C4)C=C3c2ccccc2)C(c2ccccc2)=C1c1ccccc1.CC(=O)CC(C)=O. The van der Waals surface area contributed by atoms with Gasteiger partial charge in [0.05, 0.1) is 52.1 Å². The molecule has 6 nitrogen and oxygen atoms in total. The molecule has 0 atom stereocenters. The van der Waals surface area contributed by atoms with E-state index in [0.717, 1.165) is 90.2 Å². The summed E-state index contributed by atoms with van der Waals surface area (Å²) in [5.41, 5.74) is 15.3. The van der Waals surface area contributed by atoms with Crippen molar-refractivity contribution in [2.24, 2.45) is 20.0 Å². The van der Waals surface area contributed by atoms with Gasteiger partial charge >= 0.3 is 0 Å². The third-order valence-electron chi connectivity index (χ3n) is 9.25. The van der Waals surface area contributed by atoms with E-state index in [2.05, 4.69) is 133 Å². The number of rotatable bonds is 6. The molecule has 0 aliphatic carbocycles. The second kappa shape index (κ2) is 15.4. The van der Waals surface area contributed by atoms with Crippen molar-refractivity contribution in [3.8, 4) is 0 Å². The van der Waals surface area contributed by atoms with E-state index < -0.39 is 0 Å². The van der Waals surface area contributed by atoms with Crippen molar-refractivity contribution in [3.63, 3.8) is 0 Å². The predicted molar refractivity (Wildman–Crippen MR) is 226 cm³/mol. The molecule has 0 radical (unpaired) electrons. The van der Waals surface area contributed by atoms with Gasteiger partial charge in [0, 0.05) is 22.3 Å². The molecule has 6 heteroatoms. The van der Waals surface area contributed by atoms with Crippen LogP contribution in [0, 0.1) is 0 Å². The molecule has 0 fully saturated rings. The van der Waals surface area contributed by atoms with E-state index in [1.807, 2.05) is 36.4 Å². The maximum Gasteiger partial charge on any atom is 0.137 e. The minimum atomic E-state index is -0.0625. The Morgan fingerprint density at radius 3 is 1.40 bits per heavy atom. The van der Waals surface area contributed by atoms with Crippen LogP contribution in [0.15, 0.2) is 213 Å². The van der Waals surface area contributed by atoms with Gasteiger partial charge in [-0.15, -0.1) is 0 Å². The van der Waals surface area contributed by atoms with Crippen molar-refractivity contribution in [3.05, 3.63) is 215 Å². The minimum absolute atomic E-state index is 0.0625. The first-order chi connectivity index (χ1) is 26.9. The van der Waals surface area contributed by atoms with E-state index in [1.54, 1.807) is 0 Å². The first-order valence-corrected chi connectivity index (χ1v) is 18.2. The molecule has 55 heavy (non-hydrogen) atoms. The number of benzene rings is 4. The van der Waals surface area contributed by atoms with Crippen molar-refractivity contribution in [2.75, 3.05) is 0 Å². The van der Waals surface area contributed by atoms with Crippen LogP contribution in [-0.4, -0.2) is 34.4 Å². The maximum absolute atomic E-state index is 10.0. The monoisotopic (exact) mass is 712 g/mol. The smallest absolute Gasteiger partial charge is 0.137 e. The second-order valence-corrected chi connectivity index (χ2v) is 13.5. The minimum Gasteiger partial charge on any atom is -0.300 e. The molecular weight excluding hydrogens is 677 g/mol. The lowest BCUT2D eigenvalue weighted by atomic mass is 9.86. The van der Waals surface area contributed by atoms with Gasteiger partial charge < -0.3 is 0 Å². The molecule has 0 saturated heterocycles. The van der Waals surface area contributed by atoms with Crippen LogP contribution in [0.1, 0.15) is 42.5 Å². The lowest BCUT2D eigenvalue weighted by Gasteiger charge is -2.17. The Hall–Kier alpha value is -7.18. The molecule has 0 saturated carbocycles. The maximum atomic E-state index is 10.0. The van der Waals surface area contributed by atoms with Crippen LogP contribution < -0.4 is 0 Å². The van der Waals surface area contributed by atoms with Crippen molar-refractivity contribution < 1.29 is 9.59 Å². The standard InChI is InChI=1S/C44H28N4.C5H8O2/c1-5-13-29(14-6-1)38-27-37-26-35-22-21-33(45-35)25-34-23-24-36(46-34)28-39-40(30-15-7-2-8-16-30)41(31-17-9-3-10-18-31)44(48-39)42(43(38)47-37)32-19-11-4-12-20-32;1-4(6)3-5(2)7/h1-28H;3H2,1-2H3. The molecule has 4 aromatic carbocycles. The summed E-state index contributed by atoms with van der Waals surface area (Å²) < 4.78 is 0. The van der Waals surface area contributed by atoms with E-state index in [4.69, 9.17) is 20.0 Å². The van der Waals surface area contributed by atoms with Crippen LogP contribution in [0.3, 0.4) is 0 Å². The lowest BCUT2D eigenvalue weighted by Crippen LogP contribution is -2.07. The molecule has 4 aromatic rings. The molecule has 0 aromatic heterocycles. The molecule has 5 aliphatic rings. The third kappa shape index (κ3) is 7.66. The summed E-state index contributed by atoms with van der Waals surface area (Å²) in [5.74, 6) is -0.125. The number of fused-ring (bicyclic) bond motifs is 4. The topological polar surface area (TPSA) is 83.6 Å². The summed E-state index contributed by atoms with van der Waals surface area (Å²) in [7, 11) is 0. The fourth-order valence-corrected chi connectivity index (χ4v) is 6.98. The van der Waals surface area contributed by atoms with Crippen molar-refractivity contribution >= 4 is 56.7 Å². The Bertz CT molecular complexity index is 2600. The molecule has 264 valence electrons. The van der Waals surface area contributed by atoms with E-state index in [9.17, 15) is 9.59 Å². The molecule has 5 aliphatic heterocycles. The number of nitrogens with zero attached hydrogens (tertiary/aromatic N) is 4. The van der Waals surface area contributed by atoms with Crippen molar-refractivity contribution in [2.45, 2.75) is 20.3 Å². The summed E-state index contributed by atoms with van der Waals surface area (Å²) in [5, 5.41) is 0. The van der Waals surface area contributed by atoms with Crippen LogP contribution in [0.4, 0.5) is 0 Å². The zero-order chi connectivity index (χ0) is 37.7. The Balaban J connectivity index is 0.000000560. The number of carbonyl (C=O) groups is 2. The van der Waals surface area contributed by atoms with Crippen LogP contribution in [-0.2, 0) is 9.59 Å². The highest BCUT2D eigenvalue weighted by Crippen LogP contribution is 2.46. The average Bonchev–Trinajstić information content (AvgIpc) is 4.01. The molecule has 0 N–H and O–H groups in total. The van der Waals surface area contributed by atoms with Gasteiger partial charge in [-0.25, -0.2) is 20.0 Å². The molecule has 0 amide bonds. The van der Waals surface area contributed by atoms with E-state index in [1.165, 1.54) is 13.8 Å². The van der Waals surface area contributed by atoms with E-state index in [0.29, 0.717) is 0 Å². The van der Waals surface area contributed by atoms with Gasteiger partial charge in [0.1, 0.15) is 11.6 Å². The highest BCUT2D eigenvalue weighted by atomic mass is 16.1. The zero-order valence-electron chi connectivity index (χ0n) is 30.5. The Morgan fingerprint density at radius 1 is 0.436 bits per heavy atom. The second-order valence-electron chi connectivity index (χ2n) is 13.5. The van der Waals surface area contributed by atoms with E-state index >= 15 is 0 Å². The summed E-state index contributed by atoms with van der Waals surface area (Å²) in [6.45, 7) is 2.81. The quantitative estimate of drug-likeness (QED) is 0.187. The summed E-state index contributed by atoms with van der Waals surface area (Å²) in [6.07, 6.45) is 16.6. The molecular formula is C49H36N4O2. The van der Waals surface area contributed by atoms with Gasteiger partial charge in [-0.05, 0) is 84.7 Å². The summed E-state index contributed by atoms with van der Waals surface area (Å²) >= 11 is 0. The predicted octanol–water partition coefficient (Wildman–Crippen LogP) is 10.2. The Labute approximate surface area is 320 Å². The summed E-state index contributed by atoms with van der Waals surface area (Å²) in [6, 6.07) is 42.1. The van der Waals surface area contributed by atoms with E-state index in [-0.39, 0.29) is 18.0 Å². The fourth-order valence-electron chi connectivity index (χ4n) is 6.98. The number of ketones is 2. The van der Waals surface area contributed by atoms with Gasteiger partial charge in [-0.1, -0.05) is 121 Å².